The molecular formula is C14H13N3. The van der Waals surface area contributed by atoms with Crippen molar-refractivity contribution >= 4 is 0 Å². The fraction of sp³-hybridized carbons (Fsp3) is 0.0714. The number of benzene rings is 1. The maximum Gasteiger partial charge on any atom is 0.110 e. The Labute approximate surface area is 99.5 Å². The minimum Gasteiger partial charge on any atom is -0.367 e. The minimum absolute atomic E-state index is 0.839. The molecule has 3 nitrogen and oxygen atoms in total. The van der Waals surface area contributed by atoms with Gasteiger partial charge >= 0.3 is 0 Å². The molecule has 0 saturated carbocycles. The third kappa shape index (κ3) is 2.13. The van der Waals surface area contributed by atoms with Gasteiger partial charge in [-0.25, -0.2) is 4.98 Å². The molecule has 1 aromatic carbocycles. The van der Waals surface area contributed by atoms with Gasteiger partial charge in [0, 0.05) is 24.4 Å². The summed E-state index contributed by atoms with van der Waals surface area (Å²) < 4.78 is 0. The predicted octanol–water partition coefficient (Wildman–Crippen LogP) is 3.00. The van der Waals surface area contributed by atoms with Crippen molar-refractivity contribution in [3.05, 3.63) is 66.4 Å². The smallest absolute Gasteiger partial charge is 0.110 e. The number of aromatic nitrogens is 3. The zero-order valence-corrected chi connectivity index (χ0v) is 9.35. The van der Waals surface area contributed by atoms with Gasteiger partial charge in [0.15, 0.2) is 0 Å². The summed E-state index contributed by atoms with van der Waals surface area (Å²) in [6, 6.07) is 12.4. The van der Waals surface area contributed by atoms with E-state index in [2.05, 4.69) is 27.1 Å². The Morgan fingerprint density at radius 2 is 1.94 bits per heavy atom. The average molecular weight is 223 g/mol. The zero-order chi connectivity index (χ0) is 11.5. The quantitative estimate of drug-likeness (QED) is 0.704. The number of nitrogens with zero attached hydrogens (tertiary/aromatic N) is 1. The average Bonchev–Trinajstić information content (AvgIpc) is 3.00. The third-order valence-corrected chi connectivity index (χ3v) is 2.75. The Balaban J connectivity index is 1.82. The summed E-state index contributed by atoms with van der Waals surface area (Å²) in [6.07, 6.45) is 6.58. The highest BCUT2D eigenvalue weighted by Gasteiger charge is 2.03. The summed E-state index contributed by atoms with van der Waals surface area (Å²) in [6.45, 7) is 0. The molecule has 0 unspecified atom stereocenters. The lowest BCUT2D eigenvalue weighted by Gasteiger charge is -1.97. The molecule has 0 aliphatic heterocycles. The van der Waals surface area contributed by atoms with Gasteiger partial charge in [-0.3, -0.25) is 0 Å². The van der Waals surface area contributed by atoms with E-state index in [-0.39, 0.29) is 0 Å². The number of hydrogen-bond acceptors (Lipinski definition) is 1. The molecule has 0 spiro atoms. The summed E-state index contributed by atoms with van der Waals surface area (Å²) >= 11 is 0. The lowest BCUT2D eigenvalue weighted by molar-refractivity contribution is 1.03. The lowest BCUT2D eigenvalue weighted by atomic mass is 10.1. The molecule has 0 atom stereocenters. The van der Waals surface area contributed by atoms with Crippen LogP contribution in [0.1, 0.15) is 11.4 Å². The Hall–Kier alpha value is -2.29. The fourth-order valence-corrected chi connectivity index (χ4v) is 1.88. The number of aromatic amines is 2. The van der Waals surface area contributed by atoms with Crippen molar-refractivity contribution in [2.24, 2.45) is 0 Å². The maximum atomic E-state index is 4.40. The molecule has 2 aromatic heterocycles. The van der Waals surface area contributed by atoms with Crippen molar-refractivity contribution in [1.82, 2.24) is 15.0 Å². The van der Waals surface area contributed by atoms with Crippen LogP contribution in [0, 0.1) is 0 Å². The first-order chi connectivity index (χ1) is 8.42. The second kappa shape index (κ2) is 4.29. The van der Waals surface area contributed by atoms with E-state index in [0.717, 1.165) is 23.5 Å². The van der Waals surface area contributed by atoms with Gasteiger partial charge in [0.2, 0.25) is 0 Å². The van der Waals surface area contributed by atoms with E-state index in [0.29, 0.717) is 0 Å². The monoisotopic (exact) mass is 223 g/mol. The maximum absolute atomic E-state index is 4.40. The molecule has 0 aliphatic rings. The fourth-order valence-electron chi connectivity index (χ4n) is 1.88. The van der Waals surface area contributed by atoms with Crippen molar-refractivity contribution in [3.8, 4) is 11.3 Å². The van der Waals surface area contributed by atoms with Gasteiger partial charge in [-0.1, -0.05) is 30.3 Å². The van der Waals surface area contributed by atoms with Crippen LogP contribution < -0.4 is 0 Å². The topological polar surface area (TPSA) is 44.5 Å². The largest absolute Gasteiger partial charge is 0.367 e. The number of H-pyrrole nitrogens is 2. The van der Waals surface area contributed by atoms with Gasteiger partial charge in [0.1, 0.15) is 5.82 Å². The van der Waals surface area contributed by atoms with Crippen molar-refractivity contribution in [1.29, 1.82) is 0 Å². The minimum atomic E-state index is 0.839. The zero-order valence-electron chi connectivity index (χ0n) is 9.35. The number of nitrogens with one attached hydrogen (secondary N) is 2. The molecule has 2 N–H and O–H groups in total. The Kier molecular flexibility index (Phi) is 2.50. The molecular weight excluding hydrogens is 210 g/mol. The van der Waals surface area contributed by atoms with Crippen LogP contribution >= 0.6 is 0 Å². The summed E-state index contributed by atoms with van der Waals surface area (Å²) in [5.41, 5.74) is 3.46. The highest BCUT2D eigenvalue weighted by molar-refractivity contribution is 5.57. The first kappa shape index (κ1) is 9.90. The second-order valence-electron chi connectivity index (χ2n) is 4.01. The van der Waals surface area contributed by atoms with Crippen LogP contribution in [0.25, 0.3) is 11.3 Å². The third-order valence-electron chi connectivity index (χ3n) is 2.75. The molecule has 0 amide bonds. The lowest BCUT2D eigenvalue weighted by Crippen LogP contribution is -1.89. The number of rotatable bonds is 3. The van der Waals surface area contributed by atoms with E-state index < -0.39 is 0 Å². The second-order valence-corrected chi connectivity index (χ2v) is 4.01. The SMILES string of the molecule is c1ccc(Cc2ncc(-c3cc[nH]c3)[nH]2)cc1. The molecule has 3 rings (SSSR count). The number of hydrogen-bond donors (Lipinski definition) is 2. The molecule has 3 heteroatoms. The number of imidazole rings is 1. The van der Waals surface area contributed by atoms with E-state index in [9.17, 15) is 0 Å². The first-order valence-electron chi connectivity index (χ1n) is 5.63. The molecule has 3 aromatic rings. The highest BCUT2D eigenvalue weighted by atomic mass is 14.9. The molecule has 0 aliphatic carbocycles. The molecule has 17 heavy (non-hydrogen) atoms. The normalized spacial score (nSPS) is 10.6. The summed E-state index contributed by atoms with van der Waals surface area (Å²) in [5.74, 6) is 0.993. The Morgan fingerprint density at radius 1 is 1.06 bits per heavy atom. The van der Waals surface area contributed by atoms with Gasteiger partial charge in [0.05, 0.1) is 11.9 Å². The van der Waals surface area contributed by atoms with Crippen LogP contribution in [0.2, 0.25) is 0 Å². The molecule has 2 heterocycles. The highest BCUT2D eigenvalue weighted by Crippen LogP contribution is 2.16. The van der Waals surface area contributed by atoms with Gasteiger partial charge in [-0.15, -0.1) is 0 Å². The molecule has 0 radical (unpaired) electrons. The standard InChI is InChI=1S/C14H13N3/c1-2-4-11(5-3-1)8-14-16-10-13(17-14)12-6-7-15-9-12/h1-7,9-10,15H,8H2,(H,16,17). The molecule has 84 valence electrons. The van der Waals surface area contributed by atoms with Crippen LogP contribution in [-0.4, -0.2) is 15.0 Å². The van der Waals surface area contributed by atoms with Gasteiger partial charge in [0.25, 0.3) is 0 Å². The van der Waals surface area contributed by atoms with Gasteiger partial charge in [-0.05, 0) is 11.6 Å². The van der Waals surface area contributed by atoms with Crippen LogP contribution in [0.4, 0.5) is 0 Å². The van der Waals surface area contributed by atoms with Crippen LogP contribution in [0.5, 0.6) is 0 Å². The molecule has 0 saturated heterocycles. The van der Waals surface area contributed by atoms with Crippen LogP contribution in [0.15, 0.2) is 55.0 Å². The van der Waals surface area contributed by atoms with E-state index in [1.165, 1.54) is 5.56 Å². The Bertz CT molecular complexity index is 579. The predicted molar refractivity (Wildman–Crippen MR) is 67.6 cm³/mol. The van der Waals surface area contributed by atoms with E-state index in [1.54, 1.807) is 0 Å². The van der Waals surface area contributed by atoms with Crippen molar-refractivity contribution in [3.63, 3.8) is 0 Å². The van der Waals surface area contributed by atoms with Gasteiger partial charge < -0.3 is 9.97 Å². The van der Waals surface area contributed by atoms with Crippen LogP contribution in [-0.2, 0) is 6.42 Å². The Morgan fingerprint density at radius 3 is 2.71 bits per heavy atom. The van der Waals surface area contributed by atoms with E-state index in [1.807, 2.05) is 42.9 Å². The van der Waals surface area contributed by atoms with Crippen molar-refractivity contribution < 1.29 is 0 Å². The van der Waals surface area contributed by atoms with E-state index >= 15 is 0 Å². The van der Waals surface area contributed by atoms with Crippen molar-refractivity contribution in [2.45, 2.75) is 6.42 Å². The summed E-state index contributed by atoms with van der Waals surface area (Å²) in [5, 5.41) is 0. The first-order valence-corrected chi connectivity index (χ1v) is 5.63. The van der Waals surface area contributed by atoms with Crippen molar-refractivity contribution in [2.75, 3.05) is 0 Å². The van der Waals surface area contributed by atoms with Gasteiger partial charge in [-0.2, -0.15) is 0 Å². The van der Waals surface area contributed by atoms with Crippen LogP contribution in [0.3, 0.4) is 0 Å². The molecule has 0 bridgehead atoms. The van der Waals surface area contributed by atoms with E-state index in [4.69, 9.17) is 0 Å². The molecule has 0 fully saturated rings. The summed E-state index contributed by atoms with van der Waals surface area (Å²) in [7, 11) is 0. The summed E-state index contributed by atoms with van der Waals surface area (Å²) in [4.78, 5) is 10.8.